The first-order valence-electron chi connectivity index (χ1n) is 6.80. The highest BCUT2D eigenvalue weighted by Crippen LogP contribution is 2.30. The minimum Gasteiger partial charge on any atom is -0.396 e. The molecule has 102 valence electrons. The summed E-state index contributed by atoms with van der Waals surface area (Å²) in [6.45, 7) is 3.04. The molecule has 1 rings (SSSR count). The zero-order valence-electron chi connectivity index (χ0n) is 11.2. The maximum Gasteiger partial charge on any atom is 0.0765 e. The van der Waals surface area contributed by atoms with Crippen LogP contribution in [0.1, 0.15) is 45.4 Å². The van der Waals surface area contributed by atoms with E-state index in [4.69, 9.17) is 15.6 Å². The van der Waals surface area contributed by atoms with Crippen molar-refractivity contribution in [1.29, 1.82) is 0 Å². The van der Waals surface area contributed by atoms with Gasteiger partial charge in [-0.3, -0.25) is 0 Å². The van der Waals surface area contributed by atoms with Crippen LogP contribution in [0.3, 0.4) is 0 Å². The maximum absolute atomic E-state index is 8.86. The van der Waals surface area contributed by atoms with Crippen LogP contribution in [0.25, 0.3) is 0 Å². The van der Waals surface area contributed by atoms with E-state index in [1.165, 1.54) is 12.8 Å². The van der Waals surface area contributed by atoms with Crippen molar-refractivity contribution in [2.75, 3.05) is 20.3 Å². The van der Waals surface area contributed by atoms with Crippen LogP contribution in [0.15, 0.2) is 0 Å². The van der Waals surface area contributed by atoms with Gasteiger partial charge in [-0.15, -0.1) is 0 Å². The Kier molecular flexibility index (Phi) is 6.41. The van der Waals surface area contributed by atoms with Gasteiger partial charge in [0.1, 0.15) is 0 Å². The highest BCUT2D eigenvalue weighted by molar-refractivity contribution is 5.00. The monoisotopic (exact) mass is 244 g/mol. The average molecular weight is 244 g/mol. The molecule has 4 heteroatoms. The van der Waals surface area contributed by atoms with E-state index in [-0.39, 0.29) is 18.2 Å². The van der Waals surface area contributed by atoms with Crippen molar-refractivity contribution < 1.29 is 9.84 Å². The largest absolute Gasteiger partial charge is 0.396 e. The molecule has 0 radical (unpaired) electrons. The summed E-state index contributed by atoms with van der Waals surface area (Å²) in [7, 11) is 1.78. The Labute approximate surface area is 105 Å². The highest BCUT2D eigenvalue weighted by Gasteiger charge is 2.40. The fraction of sp³-hybridized carbons (Fsp3) is 1.00. The first kappa shape index (κ1) is 14.9. The summed E-state index contributed by atoms with van der Waals surface area (Å²) in [4.78, 5) is 0. The van der Waals surface area contributed by atoms with Crippen LogP contribution in [0.5, 0.6) is 0 Å². The number of methoxy groups -OCH3 is 1. The fourth-order valence-corrected chi connectivity index (χ4v) is 2.97. The molecule has 0 aromatic heterocycles. The molecular formula is C13H28N2O2. The summed E-state index contributed by atoms with van der Waals surface area (Å²) in [5, 5.41) is 12.5. The van der Waals surface area contributed by atoms with E-state index >= 15 is 0 Å². The maximum atomic E-state index is 8.86. The SMILES string of the molecule is COC1CCCCC1(CN)NC(C)CCCO. The zero-order valence-corrected chi connectivity index (χ0v) is 11.2. The van der Waals surface area contributed by atoms with Crippen LogP contribution in [-0.4, -0.2) is 43.1 Å². The molecule has 0 aromatic carbocycles. The molecule has 1 aliphatic rings. The zero-order chi connectivity index (χ0) is 12.7. The molecule has 0 amide bonds. The van der Waals surface area contributed by atoms with Crippen LogP contribution < -0.4 is 11.1 Å². The minimum absolute atomic E-state index is 0.0676. The van der Waals surface area contributed by atoms with Gasteiger partial charge in [-0.2, -0.15) is 0 Å². The molecule has 1 saturated carbocycles. The molecule has 1 fully saturated rings. The summed E-state index contributed by atoms with van der Waals surface area (Å²) >= 11 is 0. The van der Waals surface area contributed by atoms with Gasteiger partial charge in [-0.1, -0.05) is 12.8 Å². The van der Waals surface area contributed by atoms with Gasteiger partial charge < -0.3 is 20.9 Å². The number of nitrogens with one attached hydrogen (secondary N) is 1. The van der Waals surface area contributed by atoms with Crippen LogP contribution in [0, 0.1) is 0 Å². The normalized spacial score (nSPS) is 31.4. The lowest BCUT2D eigenvalue weighted by Crippen LogP contribution is -2.63. The number of hydrogen-bond donors (Lipinski definition) is 3. The summed E-state index contributed by atoms with van der Waals surface area (Å²) in [6.07, 6.45) is 6.67. The Morgan fingerprint density at radius 3 is 2.88 bits per heavy atom. The molecule has 4 N–H and O–H groups in total. The van der Waals surface area contributed by atoms with Crippen LogP contribution in [0.2, 0.25) is 0 Å². The second-order valence-corrected chi connectivity index (χ2v) is 5.24. The van der Waals surface area contributed by atoms with Crippen LogP contribution >= 0.6 is 0 Å². The van der Waals surface area contributed by atoms with Crippen molar-refractivity contribution in [3.63, 3.8) is 0 Å². The molecule has 0 heterocycles. The molecular weight excluding hydrogens is 216 g/mol. The first-order valence-corrected chi connectivity index (χ1v) is 6.80. The number of hydrogen-bond acceptors (Lipinski definition) is 4. The number of rotatable bonds is 7. The van der Waals surface area contributed by atoms with Gasteiger partial charge in [0.25, 0.3) is 0 Å². The lowest BCUT2D eigenvalue weighted by atomic mass is 9.78. The number of ether oxygens (including phenoxy) is 1. The van der Waals surface area contributed by atoms with Gasteiger partial charge >= 0.3 is 0 Å². The molecule has 17 heavy (non-hydrogen) atoms. The number of nitrogens with two attached hydrogens (primary N) is 1. The molecule has 4 nitrogen and oxygen atoms in total. The topological polar surface area (TPSA) is 67.5 Å². The average Bonchev–Trinajstić information content (AvgIpc) is 2.36. The Balaban J connectivity index is 2.58. The summed E-state index contributed by atoms with van der Waals surface area (Å²) < 4.78 is 5.61. The molecule has 0 spiro atoms. The third-order valence-electron chi connectivity index (χ3n) is 3.93. The van der Waals surface area contributed by atoms with Gasteiger partial charge in [0, 0.05) is 26.3 Å². The van der Waals surface area contributed by atoms with Gasteiger partial charge in [-0.25, -0.2) is 0 Å². The Morgan fingerprint density at radius 1 is 1.53 bits per heavy atom. The summed E-state index contributed by atoms with van der Waals surface area (Å²) in [5.41, 5.74) is 5.92. The molecule has 1 aliphatic carbocycles. The van der Waals surface area contributed by atoms with Crippen molar-refractivity contribution in [2.45, 2.75) is 63.1 Å². The second kappa shape index (κ2) is 7.31. The predicted molar refractivity (Wildman–Crippen MR) is 70.0 cm³/mol. The van der Waals surface area contributed by atoms with E-state index in [1.807, 2.05) is 0 Å². The molecule has 0 bridgehead atoms. The standard InChI is InChI=1S/C13H28N2O2/c1-11(6-5-9-16)15-13(10-14)8-4-3-7-12(13)17-2/h11-12,15-16H,3-10,14H2,1-2H3. The Hall–Kier alpha value is -0.160. The summed E-state index contributed by atoms with van der Waals surface area (Å²) in [6, 6.07) is 0.376. The van der Waals surface area contributed by atoms with Crippen LogP contribution in [0.4, 0.5) is 0 Å². The smallest absolute Gasteiger partial charge is 0.0765 e. The van der Waals surface area contributed by atoms with Gasteiger partial charge in [0.2, 0.25) is 0 Å². The fourth-order valence-electron chi connectivity index (χ4n) is 2.97. The minimum atomic E-state index is -0.0676. The van der Waals surface area contributed by atoms with E-state index in [0.717, 1.165) is 25.7 Å². The van der Waals surface area contributed by atoms with Gasteiger partial charge in [0.05, 0.1) is 11.6 Å². The molecule has 0 aliphatic heterocycles. The third kappa shape index (κ3) is 3.91. The van der Waals surface area contributed by atoms with E-state index in [0.29, 0.717) is 12.6 Å². The van der Waals surface area contributed by atoms with E-state index in [9.17, 15) is 0 Å². The number of aliphatic hydroxyl groups excluding tert-OH is 1. The lowest BCUT2D eigenvalue weighted by molar-refractivity contribution is -0.0136. The second-order valence-electron chi connectivity index (χ2n) is 5.24. The van der Waals surface area contributed by atoms with Crippen LogP contribution in [-0.2, 0) is 4.74 Å². The highest BCUT2D eigenvalue weighted by atomic mass is 16.5. The Bertz CT molecular complexity index is 214. The van der Waals surface area contributed by atoms with Crippen molar-refractivity contribution >= 4 is 0 Å². The van der Waals surface area contributed by atoms with E-state index < -0.39 is 0 Å². The molecule has 0 aromatic rings. The van der Waals surface area contributed by atoms with Gasteiger partial charge in [0.15, 0.2) is 0 Å². The van der Waals surface area contributed by atoms with E-state index in [1.54, 1.807) is 7.11 Å². The van der Waals surface area contributed by atoms with Crippen molar-refractivity contribution in [2.24, 2.45) is 5.73 Å². The molecule has 0 saturated heterocycles. The van der Waals surface area contributed by atoms with Crippen molar-refractivity contribution in [3.8, 4) is 0 Å². The molecule has 3 atom stereocenters. The molecule has 3 unspecified atom stereocenters. The van der Waals surface area contributed by atoms with Gasteiger partial charge in [-0.05, 0) is 32.6 Å². The third-order valence-corrected chi connectivity index (χ3v) is 3.93. The van der Waals surface area contributed by atoms with E-state index in [2.05, 4.69) is 12.2 Å². The lowest BCUT2D eigenvalue weighted by Gasteiger charge is -2.45. The van der Waals surface area contributed by atoms with Crippen molar-refractivity contribution in [3.05, 3.63) is 0 Å². The predicted octanol–water partition coefficient (Wildman–Crippen LogP) is 1.02. The first-order chi connectivity index (χ1) is 8.18. The summed E-state index contributed by atoms with van der Waals surface area (Å²) in [5.74, 6) is 0. The Morgan fingerprint density at radius 2 is 2.29 bits per heavy atom. The van der Waals surface area contributed by atoms with Crippen molar-refractivity contribution in [1.82, 2.24) is 5.32 Å². The quantitative estimate of drug-likeness (QED) is 0.625. The number of aliphatic hydroxyl groups is 1.